The molecule has 2 aromatic rings. The molecular weight excluding hydrogens is 306 g/mol. The highest BCUT2D eigenvalue weighted by Crippen LogP contribution is 2.30. The Kier molecular flexibility index (Phi) is 4.27. The molecule has 120 valence electrons. The molecule has 1 aliphatic heterocycles. The van der Waals surface area contributed by atoms with E-state index in [9.17, 15) is 13.6 Å². The topological polar surface area (TPSA) is 59.6 Å². The van der Waals surface area contributed by atoms with Crippen molar-refractivity contribution in [3.63, 3.8) is 0 Å². The van der Waals surface area contributed by atoms with Gasteiger partial charge in [0.2, 0.25) is 0 Å². The molecule has 2 N–H and O–H groups in total. The van der Waals surface area contributed by atoms with E-state index < -0.39 is 17.7 Å². The lowest BCUT2D eigenvalue weighted by atomic mass is 10.2. The maximum absolute atomic E-state index is 13.4. The van der Waals surface area contributed by atoms with Gasteiger partial charge < -0.3 is 20.1 Å². The van der Waals surface area contributed by atoms with Gasteiger partial charge >= 0.3 is 6.03 Å². The van der Waals surface area contributed by atoms with Gasteiger partial charge in [-0.2, -0.15) is 0 Å². The molecule has 3 rings (SSSR count). The Morgan fingerprint density at radius 2 is 1.96 bits per heavy atom. The van der Waals surface area contributed by atoms with Gasteiger partial charge in [-0.15, -0.1) is 0 Å². The van der Waals surface area contributed by atoms with Crippen LogP contribution < -0.4 is 20.1 Å². The van der Waals surface area contributed by atoms with E-state index in [4.69, 9.17) is 9.47 Å². The molecule has 0 fully saturated rings. The second kappa shape index (κ2) is 6.51. The number of carbonyl (C=O) groups excluding carboxylic acids is 1. The molecule has 0 unspecified atom stereocenters. The molecule has 0 aliphatic carbocycles. The molecule has 2 amide bonds. The molecule has 0 radical (unpaired) electrons. The Labute approximate surface area is 131 Å². The van der Waals surface area contributed by atoms with E-state index in [2.05, 4.69) is 10.6 Å². The Morgan fingerprint density at radius 3 is 2.74 bits per heavy atom. The summed E-state index contributed by atoms with van der Waals surface area (Å²) in [6, 6.07) is 9.53. The van der Waals surface area contributed by atoms with Crippen LogP contribution >= 0.6 is 0 Å². The van der Waals surface area contributed by atoms with E-state index in [0.717, 1.165) is 12.1 Å². The summed E-state index contributed by atoms with van der Waals surface area (Å²) in [7, 11) is 0. The lowest BCUT2D eigenvalue weighted by Gasteiger charge is -2.26. The molecule has 0 bridgehead atoms. The van der Waals surface area contributed by atoms with Crippen LogP contribution in [0.3, 0.4) is 0 Å². The summed E-state index contributed by atoms with van der Waals surface area (Å²) in [5.74, 6) is -0.289. The van der Waals surface area contributed by atoms with Crippen LogP contribution in [-0.4, -0.2) is 25.3 Å². The minimum Gasteiger partial charge on any atom is -0.486 e. The zero-order valence-electron chi connectivity index (χ0n) is 12.0. The normalized spacial score (nSPS) is 15.8. The van der Waals surface area contributed by atoms with Gasteiger partial charge in [0.1, 0.15) is 18.2 Å². The molecule has 1 atom stereocenters. The monoisotopic (exact) mass is 320 g/mol. The summed E-state index contributed by atoms with van der Waals surface area (Å²) >= 11 is 0. The number of para-hydroxylation sites is 2. The molecule has 7 heteroatoms. The van der Waals surface area contributed by atoms with Crippen LogP contribution in [0.1, 0.15) is 0 Å². The van der Waals surface area contributed by atoms with Gasteiger partial charge in [0.15, 0.2) is 17.6 Å². The van der Waals surface area contributed by atoms with Crippen molar-refractivity contribution in [1.29, 1.82) is 0 Å². The SMILES string of the molecule is O=C(NC[C@@H]1COc2ccccc2O1)Nc1ccc(F)cc1F. The smallest absolute Gasteiger partial charge is 0.319 e. The Hall–Kier alpha value is -2.83. The number of anilines is 1. The third-order valence-electron chi connectivity index (χ3n) is 3.24. The molecule has 5 nitrogen and oxygen atoms in total. The number of hydrogen-bond acceptors (Lipinski definition) is 3. The summed E-state index contributed by atoms with van der Waals surface area (Å²) in [5.41, 5.74) is -0.102. The first-order valence-electron chi connectivity index (χ1n) is 7.00. The van der Waals surface area contributed by atoms with E-state index in [1.165, 1.54) is 0 Å². The number of amides is 2. The van der Waals surface area contributed by atoms with Gasteiger partial charge in [0.05, 0.1) is 12.2 Å². The van der Waals surface area contributed by atoms with Crippen LogP contribution in [0.5, 0.6) is 11.5 Å². The first-order valence-corrected chi connectivity index (χ1v) is 7.00. The van der Waals surface area contributed by atoms with Gasteiger partial charge in [0, 0.05) is 6.07 Å². The predicted octanol–water partition coefficient (Wildman–Crippen LogP) is 2.93. The third kappa shape index (κ3) is 3.68. The van der Waals surface area contributed by atoms with Gasteiger partial charge in [-0.1, -0.05) is 12.1 Å². The predicted molar refractivity (Wildman–Crippen MR) is 79.7 cm³/mol. The highest BCUT2D eigenvalue weighted by molar-refractivity contribution is 5.89. The second-order valence-electron chi connectivity index (χ2n) is 4.96. The fourth-order valence-corrected chi connectivity index (χ4v) is 2.13. The molecule has 0 spiro atoms. The zero-order chi connectivity index (χ0) is 16.2. The number of hydrogen-bond donors (Lipinski definition) is 2. The third-order valence-corrected chi connectivity index (χ3v) is 3.24. The standard InChI is InChI=1S/C16H14F2N2O3/c17-10-5-6-13(12(18)7-10)20-16(21)19-8-11-9-22-14-3-1-2-4-15(14)23-11/h1-7,11H,8-9H2,(H2,19,20,21)/t11-/m1/s1. The van der Waals surface area contributed by atoms with Gasteiger partial charge in [-0.05, 0) is 24.3 Å². The number of fused-ring (bicyclic) bond motifs is 1. The number of halogens is 2. The van der Waals surface area contributed by atoms with E-state index in [0.29, 0.717) is 24.2 Å². The van der Waals surface area contributed by atoms with Crippen molar-refractivity contribution in [1.82, 2.24) is 5.32 Å². The average molecular weight is 320 g/mol. The zero-order valence-corrected chi connectivity index (χ0v) is 12.0. The molecular formula is C16H14F2N2O3. The van der Waals surface area contributed by atoms with Crippen LogP contribution in [0.15, 0.2) is 42.5 Å². The highest BCUT2D eigenvalue weighted by Gasteiger charge is 2.21. The number of ether oxygens (including phenoxy) is 2. The van der Waals surface area contributed by atoms with Crippen LogP contribution in [0, 0.1) is 11.6 Å². The molecule has 2 aromatic carbocycles. The largest absolute Gasteiger partial charge is 0.486 e. The molecule has 0 saturated carbocycles. The van der Waals surface area contributed by atoms with Crippen LogP contribution in [0.25, 0.3) is 0 Å². The van der Waals surface area contributed by atoms with Gasteiger partial charge in [-0.3, -0.25) is 0 Å². The first-order chi connectivity index (χ1) is 11.1. The molecule has 0 aromatic heterocycles. The minimum absolute atomic E-state index is 0.102. The van der Waals surface area contributed by atoms with Gasteiger partial charge in [-0.25, -0.2) is 13.6 Å². The number of nitrogens with one attached hydrogen (secondary N) is 2. The summed E-state index contributed by atoms with van der Waals surface area (Å²) in [6.07, 6.45) is -0.353. The average Bonchev–Trinajstić information content (AvgIpc) is 2.55. The lowest BCUT2D eigenvalue weighted by Crippen LogP contribution is -2.42. The molecule has 0 saturated heterocycles. The van der Waals surface area contributed by atoms with Crippen molar-refractivity contribution < 1.29 is 23.0 Å². The van der Waals surface area contributed by atoms with Crippen molar-refractivity contribution in [3.05, 3.63) is 54.1 Å². The van der Waals surface area contributed by atoms with Crippen LogP contribution in [0.2, 0.25) is 0 Å². The number of rotatable bonds is 3. The fourth-order valence-electron chi connectivity index (χ4n) is 2.13. The molecule has 1 aliphatic rings. The van der Waals surface area contributed by atoms with Crippen LogP contribution in [0.4, 0.5) is 19.3 Å². The highest BCUT2D eigenvalue weighted by atomic mass is 19.1. The lowest BCUT2D eigenvalue weighted by molar-refractivity contribution is 0.0922. The minimum atomic E-state index is -0.841. The fraction of sp³-hybridized carbons (Fsp3) is 0.188. The summed E-state index contributed by atoms with van der Waals surface area (Å²) < 4.78 is 37.4. The van der Waals surface area contributed by atoms with Crippen molar-refractivity contribution in [3.8, 4) is 11.5 Å². The number of carbonyl (C=O) groups is 1. The van der Waals surface area contributed by atoms with E-state index in [1.54, 1.807) is 12.1 Å². The van der Waals surface area contributed by atoms with Crippen molar-refractivity contribution in [2.45, 2.75) is 6.10 Å². The molecule has 23 heavy (non-hydrogen) atoms. The van der Waals surface area contributed by atoms with Crippen molar-refractivity contribution in [2.75, 3.05) is 18.5 Å². The van der Waals surface area contributed by atoms with Crippen molar-refractivity contribution >= 4 is 11.7 Å². The Bertz CT molecular complexity index is 724. The number of benzene rings is 2. The van der Waals surface area contributed by atoms with Gasteiger partial charge in [0.25, 0.3) is 0 Å². The Balaban J connectivity index is 1.52. The number of urea groups is 1. The molecule has 1 heterocycles. The Morgan fingerprint density at radius 1 is 1.17 bits per heavy atom. The van der Waals surface area contributed by atoms with E-state index >= 15 is 0 Å². The second-order valence-corrected chi connectivity index (χ2v) is 4.96. The van der Waals surface area contributed by atoms with E-state index in [-0.39, 0.29) is 18.3 Å². The maximum atomic E-state index is 13.4. The van der Waals surface area contributed by atoms with E-state index in [1.807, 2.05) is 12.1 Å². The van der Waals surface area contributed by atoms with Crippen LogP contribution in [-0.2, 0) is 0 Å². The summed E-state index contributed by atoms with van der Waals surface area (Å²) in [4.78, 5) is 11.8. The summed E-state index contributed by atoms with van der Waals surface area (Å²) in [6.45, 7) is 0.477. The summed E-state index contributed by atoms with van der Waals surface area (Å²) in [5, 5.41) is 4.87. The van der Waals surface area contributed by atoms with Crippen molar-refractivity contribution in [2.24, 2.45) is 0 Å². The quantitative estimate of drug-likeness (QED) is 0.914. The first kappa shape index (κ1) is 15.1. The maximum Gasteiger partial charge on any atom is 0.319 e.